The standard InChI is InChI=1S/C26H27N3O5S/c1-19(30)27-21-12-10-20(11-13-21)26(31)28-24-18-23(35(32,33)29-16-6-3-7-17-29)14-15-25(24)34-22-8-4-2-5-9-22/h2,4-5,8-15,18H,3,6-7,16-17H2,1H3,(H,27,30)(H,28,31). The minimum absolute atomic E-state index is 0.0936. The average Bonchev–Trinajstić information content (AvgIpc) is 2.86. The third-order valence-corrected chi connectivity index (χ3v) is 7.49. The summed E-state index contributed by atoms with van der Waals surface area (Å²) in [6.45, 7) is 2.36. The molecule has 1 aliphatic rings. The van der Waals surface area contributed by atoms with E-state index in [1.807, 2.05) is 18.2 Å². The summed E-state index contributed by atoms with van der Waals surface area (Å²) >= 11 is 0. The second-order valence-corrected chi connectivity index (χ2v) is 10.2. The number of nitrogens with one attached hydrogen (secondary N) is 2. The van der Waals surface area contributed by atoms with Crippen LogP contribution in [0.1, 0.15) is 36.5 Å². The summed E-state index contributed by atoms with van der Waals surface area (Å²) in [6.07, 6.45) is 2.66. The highest BCUT2D eigenvalue weighted by molar-refractivity contribution is 7.89. The molecule has 1 saturated heterocycles. The largest absolute Gasteiger partial charge is 0.455 e. The molecule has 0 atom stereocenters. The smallest absolute Gasteiger partial charge is 0.255 e. The van der Waals surface area contributed by atoms with Crippen molar-refractivity contribution in [1.82, 2.24) is 4.31 Å². The van der Waals surface area contributed by atoms with Crippen molar-refractivity contribution in [2.24, 2.45) is 0 Å². The van der Waals surface area contributed by atoms with Crippen LogP contribution in [-0.2, 0) is 14.8 Å². The molecule has 0 aliphatic carbocycles. The Labute approximate surface area is 205 Å². The molecule has 1 fully saturated rings. The molecule has 1 aliphatic heterocycles. The highest BCUT2D eigenvalue weighted by atomic mass is 32.2. The van der Waals surface area contributed by atoms with Crippen LogP contribution in [0.25, 0.3) is 0 Å². The lowest BCUT2D eigenvalue weighted by Crippen LogP contribution is -2.35. The second-order valence-electron chi connectivity index (χ2n) is 8.25. The van der Waals surface area contributed by atoms with Crippen LogP contribution in [0.3, 0.4) is 0 Å². The summed E-state index contributed by atoms with van der Waals surface area (Å²) in [5.74, 6) is 0.216. The maximum absolute atomic E-state index is 13.2. The first-order valence-electron chi connectivity index (χ1n) is 11.4. The van der Waals surface area contributed by atoms with E-state index in [1.165, 1.54) is 23.4 Å². The van der Waals surface area contributed by atoms with Crippen molar-refractivity contribution < 1.29 is 22.7 Å². The Morgan fingerprint density at radius 1 is 0.857 bits per heavy atom. The van der Waals surface area contributed by atoms with Crippen molar-refractivity contribution in [2.45, 2.75) is 31.1 Å². The first-order valence-corrected chi connectivity index (χ1v) is 12.8. The molecule has 182 valence electrons. The van der Waals surface area contributed by atoms with E-state index in [4.69, 9.17) is 4.74 Å². The molecule has 2 amide bonds. The van der Waals surface area contributed by atoms with Gasteiger partial charge in [0.1, 0.15) is 5.75 Å². The number of ether oxygens (including phenoxy) is 1. The SMILES string of the molecule is CC(=O)Nc1ccc(C(=O)Nc2cc(S(=O)(=O)N3CCCCC3)ccc2Oc2ccccc2)cc1. The topological polar surface area (TPSA) is 105 Å². The lowest BCUT2D eigenvalue weighted by atomic mass is 10.2. The number of para-hydroxylation sites is 1. The number of sulfonamides is 1. The summed E-state index contributed by atoms with van der Waals surface area (Å²) in [7, 11) is -3.71. The van der Waals surface area contributed by atoms with Crippen LogP contribution in [0.5, 0.6) is 11.5 Å². The third kappa shape index (κ3) is 6.06. The second kappa shape index (κ2) is 10.7. The number of nitrogens with zero attached hydrogens (tertiary/aromatic N) is 1. The molecule has 0 radical (unpaired) electrons. The van der Waals surface area contributed by atoms with Crippen molar-refractivity contribution in [3.05, 3.63) is 78.4 Å². The van der Waals surface area contributed by atoms with E-state index < -0.39 is 15.9 Å². The lowest BCUT2D eigenvalue weighted by molar-refractivity contribution is -0.114. The van der Waals surface area contributed by atoms with Gasteiger partial charge in [0.2, 0.25) is 15.9 Å². The van der Waals surface area contributed by atoms with Gasteiger partial charge in [0.05, 0.1) is 10.6 Å². The number of anilines is 2. The molecule has 0 unspecified atom stereocenters. The molecule has 8 nitrogen and oxygen atoms in total. The summed E-state index contributed by atoms with van der Waals surface area (Å²) in [6, 6.07) is 19.9. The molecule has 0 spiro atoms. The summed E-state index contributed by atoms with van der Waals surface area (Å²) < 4.78 is 33.9. The zero-order valence-corrected chi connectivity index (χ0v) is 20.2. The van der Waals surface area contributed by atoms with Crippen LogP contribution in [0.15, 0.2) is 77.7 Å². The van der Waals surface area contributed by atoms with Gasteiger partial charge in [-0.1, -0.05) is 24.6 Å². The lowest BCUT2D eigenvalue weighted by Gasteiger charge is -2.26. The van der Waals surface area contributed by atoms with Crippen molar-refractivity contribution >= 4 is 33.2 Å². The molecule has 0 saturated carbocycles. The van der Waals surface area contributed by atoms with E-state index in [1.54, 1.807) is 42.5 Å². The fraction of sp³-hybridized carbons (Fsp3) is 0.231. The first-order chi connectivity index (χ1) is 16.8. The highest BCUT2D eigenvalue weighted by Gasteiger charge is 2.27. The molecular weight excluding hydrogens is 466 g/mol. The van der Waals surface area contributed by atoms with E-state index in [0.717, 1.165) is 19.3 Å². The monoisotopic (exact) mass is 493 g/mol. The number of rotatable bonds is 7. The Morgan fingerprint density at radius 2 is 1.54 bits per heavy atom. The van der Waals surface area contributed by atoms with Crippen LogP contribution in [0.4, 0.5) is 11.4 Å². The van der Waals surface area contributed by atoms with E-state index >= 15 is 0 Å². The maximum atomic E-state index is 13.2. The van der Waals surface area contributed by atoms with Gasteiger partial charge in [0, 0.05) is 31.3 Å². The van der Waals surface area contributed by atoms with Crippen molar-refractivity contribution in [3.8, 4) is 11.5 Å². The zero-order valence-electron chi connectivity index (χ0n) is 19.4. The minimum atomic E-state index is -3.71. The van der Waals surface area contributed by atoms with Crippen molar-refractivity contribution in [2.75, 3.05) is 23.7 Å². The van der Waals surface area contributed by atoms with Crippen LogP contribution in [0, 0.1) is 0 Å². The molecule has 9 heteroatoms. The fourth-order valence-electron chi connectivity index (χ4n) is 3.83. The normalized spacial score (nSPS) is 14.2. The number of hydrogen-bond acceptors (Lipinski definition) is 5. The minimum Gasteiger partial charge on any atom is -0.455 e. The maximum Gasteiger partial charge on any atom is 0.255 e. The van der Waals surface area contributed by atoms with E-state index in [2.05, 4.69) is 10.6 Å². The van der Waals surface area contributed by atoms with Gasteiger partial charge in [-0.3, -0.25) is 9.59 Å². The summed E-state index contributed by atoms with van der Waals surface area (Å²) in [5, 5.41) is 5.44. The van der Waals surface area contributed by atoms with Gasteiger partial charge in [-0.05, 0) is 67.4 Å². The Morgan fingerprint density at radius 3 is 2.20 bits per heavy atom. The number of carbonyl (C=O) groups excluding carboxylic acids is 2. The van der Waals surface area contributed by atoms with Crippen LogP contribution < -0.4 is 15.4 Å². The number of amides is 2. The molecule has 3 aromatic carbocycles. The van der Waals surface area contributed by atoms with Gasteiger partial charge in [0.15, 0.2) is 5.75 Å². The molecule has 3 aromatic rings. The molecule has 0 bridgehead atoms. The fourth-order valence-corrected chi connectivity index (χ4v) is 5.37. The third-order valence-electron chi connectivity index (χ3n) is 5.59. The molecule has 0 aromatic heterocycles. The Balaban J connectivity index is 1.64. The number of hydrogen-bond donors (Lipinski definition) is 2. The predicted molar refractivity (Wildman–Crippen MR) is 134 cm³/mol. The van der Waals surface area contributed by atoms with Gasteiger partial charge in [-0.15, -0.1) is 0 Å². The van der Waals surface area contributed by atoms with Gasteiger partial charge in [-0.2, -0.15) is 4.31 Å². The average molecular weight is 494 g/mol. The quantitative estimate of drug-likeness (QED) is 0.489. The zero-order chi connectivity index (χ0) is 24.8. The van der Waals surface area contributed by atoms with E-state index in [9.17, 15) is 18.0 Å². The summed E-state index contributed by atoms with van der Waals surface area (Å²) in [4.78, 5) is 24.3. The van der Waals surface area contributed by atoms with Gasteiger partial charge >= 0.3 is 0 Å². The van der Waals surface area contributed by atoms with Crippen LogP contribution in [0.2, 0.25) is 0 Å². The Hall–Kier alpha value is -3.69. The predicted octanol–water partition coefficient (Wildman–Crippen LogP) is 4.86. The van der Waals surface area contributed by atoms with Crippen molar-refractivity contribution in [1.29, 1.82) is 0 Å². The van der Waals surface area contributed by atoms with Crippen molar-refractivity contribution in [3.63, 3.8) is 0 Å². The highest BCUT2D eigenvalue weighted by Crippen LogP contribution is 2.33. The van der Waals surface area contributed by atoms with Gasteiger partial charge in [0.25, 0.3) is 5.91 Å². The van der Waals surface area contributed by atoms with E-state index in [0.29, 0.717) is 35.8 Å². The molecule has 1 heterocycles. The number of benzene rings is 3. The molecule has 2 N–H and O–H groups in total. The molecule has 4 rings (SSSR count). The summed E-state index contributed by atoms with van der Waals surface area (Å²) in [5.41, 5.74) is 1.15. The Kier molecular flexibility index (Phi) is 7.48. The van der Waals surface area contributed by atoms with E-state index in [-0.39, 0.29) is 16.5 Å². The molecule has 35 heavy (non-hydrogen) atoms. The van der Waals surface area contributed by atoms with Gasteiger partial charge in [-0.25, -0.2) is 8.42 Å². The Bertz CT molecular complexity index is 1300. The van der Waals surface area contributed by atoms with Crippen LogP contribution >= 0.6 is 0 Å². The molecular formula is C26H27N3O5S. The van der Waals surface area contributed by atoms with Gasteiger partial charge < -0.3 is 15.4 Å². The first kappa shape index (κ1) is 24.4. The number of piperidine rings is 1. The van der Waals surface area contributed by atoms with Crippen LogP contribution in [-0.4, -0.2) is 37.6 Å². The number of carbonyl (C=O) groups is 2.